The summed E-state index contributed by atoms with van der Waals surface area (Å²) in [4.78, 5) is 25.8. The van der Waals surface area contributed by atoms with Crippen molar-refractivity contribution in [3.8, 4) is 0 Å². The van der Waals surface area contributed by atoms with E-state index in [0.717, 1.165) is 25.9 Å². The van der Waals surface area contributed by atoms with Gasteiger partial charge in [0, 0.05) is 19.1 Å². The number of hydrogen-bond acceptors (Lipinski definition) is 3. The summed E-state index contributed by atoms with van der Waals surface area (Å²) in [6, 6.07) is 9.69. The van der Waals surface area contributed by atoms with Gasteiger partial charge in [0.15, 0.2) is 0 Å². The Balaban J connectivity index is 1.82. The molecule has 0 radical (unpaired) electrons. The zero-order valence-corrected chi connectivity index (χ0v) is 14.5. The number of rotatable bonds is 7. The van der Waals surface area contributed by atoms with Gasteiger partial charge in [0.25, 0.3) is 0 Å². The van der Waals surface area contributed by atoms with Crippen LogP contribution in [0.25, 0.3) is 0 Å². The molecule has 1 aliphatic rings. The Labute approximate surface area is 143 Å². The highest BCUT2D eigenvalue weighted by Crippen LogP contribution is 2.19. The van der Waals surface area contributed by atoms with E-state index >= 15 is 0 Å². The number of amides is 3. The maximum Gasteiger partial charge on any atom is 0.315 e. The smallest absolute Gasteiger partial charge is 0.315 e. The van der Waals surface area contributed by atoms with Gasteiger partial charge >= 0.3 is 6.03 Å². The van der Waals surface area contributed by atoms with E-state index < -0.39 is 11.9 Å². The molecule has 1 heterocycles. The number of urea groups is 1. The second-order valence-corrected chi connectivity index (χ2v) is 6.73. The lowest BCUT2D eigenvalue weighted by atomic mass is 10.0. The molecular weight excluding hydrogens is 304 g/mol. The highest BCUT2D eigenvalue weighted by Gasteiger charge is 2.26. The number of hydrogen-bond donors (Lipinski definition) is 3. The third kappa shape index (κ3) is 5.23. The minimum Gasteiger partial charge on any atom is -0.368 e. The van der Waals surface area contributed by atoms with Gasteiger partial charge in [-0.25, -0.2) is 4.79 Å². The second kappa shape index (κ2) is 8.68. The van der Waals surface area contributed by atoms with E-state index in [1.807, 2.05) is 32.0 Å². The standard InChI is InChI=1S/C18H28N4O2/c1-13(2)16(17(19)23)21-18(24)20-11-15-9-6-10-22(15)12-14-7-4-3-5-8-14/h3-5,7-8,13,15-16H,6,9-12H2,1-2H3,(H2,19,23)(H2,20,21,24). The molecule has 0 bridgehead atoms. The number of carbonyl (C=O) groups is 2. The number of nitrogens with two attached hydrogens (primary N) is 1. The molecule has 2 unspecified atom stereocenters. The van der Waals surface area contributed by atoms with Crippen molar-refractivity contribution < 1.29 is 9.59 Å². The molecule has 6 nitrogen and oxygen atoms in total. The fourth-order valence-corrected chi connectivity index (χ4v) is 3.12. The number of primary amides is 1. The molecule has 0 aliphatic carbocycles. The quantitative estimate of drug-likeness (QED) is 0.706. The van der Waals surface area contributed by atoms with Crippen LogP contribution in [0.5, 0.6) is 0 Å². The van der Waals surface area contributed by atoms with Crippen molar-refractivity contribution in [3.63, 3.8) is 0 Å². The minimum atomic E-state index is -0.644. The van der Waals surface area contributed by atoms with Crippen molar-refractivity contribution in [2.24, 2.45) is 11.7 Å². The Bertz CT molecular complexity index is 547. The Kier molecular flexibility index (Phi) is 6.61. The van der Waals surface area contributed by atoms with Gasteiger partial charge in [-0.05, 0) is 30.9 Å². The highest BCUT2D eigenvalue weighted by atomic mass is 16.2. The van der Waals surface area contributed by atoms with E-state index in [4.69, 9.17) is 5.73 Å². The molecule has 6 heteroatoms. The van der Waals surface area contributed by atoms with E-state index in [2.05, 4.69) is 27.7 Å². The first kappa shape index (κ1) is 18.3. The van der Waals surface area contributed by atoms with Gasteiger partial charge in [-0.3, -0.25) is 9.69 Å². The predicted molar refractivity (Wildman–Crippen MR) is 94.2 cm³/mol. The lowest BCUT2D eigenvalue weighted by Gasteiger charge is -2.25. The van der Waals surface area contributed by atoms with Crippen molar-refractivity contribution >= 4 is 11.9 Å². The maximum atomic E-state index is 12.0. The number of nitrogens with zero attached hydrogens (tertiary/aromatic N) is 1. The van der Waals surface area contributed by atoms with Crippen molar-refractivity contribution in [2.75, 3.05) is 13.1 Å². The molecule has 0 saturated carbocycles. The summed E-state index contributed by atoms with van der Waals surface area (Å²) in [7, 11) is 0. The van der Waals surface area contributed by atoms with Crippen LogP contribution in [0, 0.1) is 5.92 Å². The average molecular weight is 332 g/mol. The molecule has 3 amide bonds. The van der Waals surface area contributed by atoms with Crippen molar-refractivity contribution in [1.29, 1.82) is 0 Å². The molecule has 24 heavy (non-hydrogen) atoms. The molecule has 4 N–H and O–H groups in total. The lowest BCUT2D eigenvalue weighted by molar-refractivity contribution is -0.120. The fourth-order valence-electron chi connectivity index (χ4n) is 3.12. The highest BCUT2D eigenvalue weighted by molar-refractivity contribution is 5.86. The van der Waals surface area contributed by atoms with Crippen LogP contribution in [0.3, 0.4) is 0 Å². The molecule has 1 aromatic carbocycles. The molecule has 2 atom stereocenters. The summed E-state index contributed by atoms with van der Waals surface area (Å²) in [5.74, 6) is -0.541. The van der Waals surface area contributed by atoms with Gasteiger partial charge in [0.2, 0.25) is 5.91 Å². The molecule has 2 rings (SSSR count). The number of benzene rings is 1. The summed E-state index contributed by atoms with van der Waals surface area (Å²) < 4.78 is 0. The minimum absolute atomic E-state index is 0.0330. The Morgan fingerprint density at radius 1 is 1.29 bits per heavy atom. The van der Waals surface area contributed by atoms with Crippen molar-refractivity contribution in [2.45, 2.75) is 45.3 Å². The molecule has 1 saturated heterocycles. The molecule has 1 fully saturated rings. The maximum absolute atomic E-state index is 12.0. The molecule has 1 aromatic rings. The average Bonchev–Trinajstić information content (AvgIpc) is 2.98. The van der Waals surface area contributed by atoms with Crippen LogP contribution in [0.1, 0.15) is 32.3 Å². The van der Waals surface area contributed by atoms with Gasteiger partial charge in [0.05, 0.1) is 0 Å². The third-order valence-corrected chi connectivity index (χ3v) is 4.49. The van der Waals surface area contributed by atoms with E-state index in [1.54, 1.807) is 0 Å². The molecule has 0 aromatic heterocycles. The summed E-state index contributed by atoms with van der Waals surface area (Å²) in [5.41, 5.74) is 6.60. The van der Waals surface area contributed by atoms with Crippen LogP contribution in [0.4, 0.5) is 4.79 Å². The van der Waals surface area contributed by atoms with Crippen LogP contribution < -0.4 is 16.4 Å². The summed E-state index contributed by atoms with van der Waals surface area (Å²) in [5, 5.41) is 5.54. The number of likely N-dealkylation sites (tertiary alicyclic amines) is 1. The Morgan fingerprint density at radius 2 is 2.00 bits per heavy atom. The van der Waals surface area contributed by atoms with E-state index in [9.17, 15) is 9.59 Å². The van der Waals surface area contributed by atoms with Gasteiger partial charge < -0.3 is 16.4 Å². The monoisotopic (exact) mass is 332 g/mol. The molecular formula is C18H28N4O2. The first-order valence-electron chi connectivity index (χ1n) is 8.59. The van der Waals surface area contributed by atoms with E-state index in [1.165, 1.54) is 5.56 Å². The van der Waals surface area contributed by atoms with Crippen LogP contribution >= 0.6 is 0 Å². The largest absolute Gasteiger partial charge is 0.368 e. The van der Waals surface area contributed by atoms with Gasteiger partial charge in [-0.1, -0.05) is 44.2 Å². The van der Waals surface area contributed by atoms with E-state index in [0.29, 0.717) is 12.6 Å². The first-order chi connectivity index (χ1) is 11.5. The number of carbonyl (C=O) groups excluding carboxylic acids is 2. The van der Waals surface area contributed by atoms with Crippen LogP contribution in [-0.2, 0) is 11.3 Å². The lowest BCUT2D eigenvalue weighted by Crippen LogP contribution is -2.52. The number of nitrogens with one attached hydrogen (secondary N) is 2. The van der Waals surface area contributed by atoms with Crippen LogP contribution in [0.2, 0.25) is 0 Å². The topological polar surface area (TPSA) is 87.5 Å². The van der Waals surface area contributed by atoms with Gasteiger partial charge in [-0.15, -0.1) is 0 Å². The summed E-state index contributed by atoms with van der Waals surface area (Å²) in [6.07, 6.45) is 2.20. The SMILES string of the molecule is CC(C)C(NC(=O)NCC1CCCN1Cc1ccccc1)C(N)=O. The van der Waals surface area contributed by atoms with Gasteiger partial charge in [0.1, 0.15) is 6.04 Å². The molecule has 1 aliphatic heterocycles. The predicted octanol–water partition coefficient (Wildman–Crippen LogP) is 1.46. The third-order valence-electron chi connectivity index (χ3n) is 4.49. The summed E-state index contributed by atoms with van der Waals surface area (Å²) >= 11 is 0. The van der Waals surface area contributed by atoms with Crippen molar-refractivity contribution in [3.05, 3.63) is 35.9 Å². The Morgan fingerprint density at radius 3 is 2.62 bits per heavy atom. The zero-order chi connectivity index (χ0) is 17.5. The Hall–Kier alpha value is -2.08. The summed E-state index contributed by atoms with van der Waals surface area (Å²) in [6.45, 7) is 6.22. The van der Waals surface area contributed by atoms with Crippen LogP contribution in [0.15, 0.2) is 30.3 Å². The van der Waals surface area contributed by atoms with Crippen LogP contribution in [-0.4, -0.2) is 42.0 Å². The second-order valence-electron chi connectivity index (χ2n) is 6.73. The molecule has 132 valence electrons. The normalized spacial score (nSPS) is 19.2. The van der Waals surface area contributed by atoms with Crippen molar-refractivity contribution in [1.82, 2.24) is 15.5 Å². The zero-order valence-electron chi connectivity index (χ0n) is 14.5. The molecule has 0 spiro atoms. The van der Waals surface area contributed by atoms with E-state index in [-0.39, 0.29) is 11.9 Å². The fraction of sp³-hybridized carbons (Fsp3) is 0.556. The first-order valence-corrected chi connectivity index (χ1v) is 8.59. The van der Waals surface area contributed by atoms with Gasteiger partial charge in [-0.2, -0.15) is 0 Å².